The lowest BCUT2D eigenvalue weighted by Crippen LogP contribution is -2.44. The number of carbonyl (C=O) groups is 2. The van der Waals surface area contributed by atoms with Gasteiger partial charge in [0.15, 0.2) is 0 Å². The van der Waals surface area contributed by atoms with Crippen molar-refractivity contribution >= 4 is 33.6 Å². The molecule has 3 aliphatic rings. The van der Waals surface area contributed by atoms with Crippen molar-refractivity contribution in [2.45, 2.75) is 0 Å². The van der Waals surface area contributed by atoms with Crippen LogP contribution >= 0.6 is 0 Å². The summed E-state index contributed by atoms with van der Waals surface area (Å²) in [6, 6.07) is 17.4. The van der Waals surface area contributed by atoms with E-state index in [1.54, 1.807) is 13.2 Å². The first kappa shape index (κ1) is 20.4. The molecule has 8 heteroatoms. The summed E-state index contributed by atoms with van der Waals surface area (Å²) in [5.74, 6) is 2.52. The van der Waals surface area contributed by atoms with Crippen LogP contribution in [0, 0.1) is 23.7 Å². The highest BCUT2D eigenvalue weighted by Gasteiger charge is 2.59. The number of methoxy groups -OCH3 is 1. The minimum Gasteiger partial charge on any atom is -0.496 e. The number of benzene rings is 3. The number of ether oxygens (including phenoxy) is 1. The van der Waals surface area contributed by atoms with Crippen molar-refractivity contribution in [1.82, 2.24) is 25.2 Å². The van der Waals surface area contributed by atoms with E-state index < -0.39 is 0 Å². The summed E-state index contributed by atoms with van der Waals surface area (Å²) in [5, 5.41) is 12.9. The van der Waals surface area contributed by atoms with E-state index in [0.717, 1.165) is 42.5 Å². The smallest absolute Gasteiger partial charge is 0.257 e. The minimum atomic E-state index is 0.0360. The van der Waals surface area contributed by atoms with Gasteiger partial charge in [-0.2, -0.15) is 15.4 Å². The molecule has 8 nitrogen and oxygen atoms in total. The zero-order chi connectivity index (χ0) is 23.7. The highest BCUT2D eigenvalue weighted by molar-refractivity contribution is 6.02. The molecule has 176 valence electrons. The number of likely N-dealkylation sites (tertiary alicyclic amines) is 2. The minimum absolute atomic E-state index is 0.0360. The van der Waals surface area contributed by atoms with Gasteiger partial charge in [0, 0.05) is 31.7 Å². The van der Waals surface area contributed by atoms with Gasteiger partial charge in [-0.05, 0) is 64.8 Å². The summed E-state index contributed by atoms with van der Waals surface area (Å²) < 4.78 is 5.58. The van der Waals surface area contributed by atoms with Gasteiger partial charge in [0.1, 0.15) is 16.8 Å². The van der Waals surface area contributed by atoms with E-state index in [1.165, 1.54) is 0 Å². The second kappa shape index (κ2) is 7.53. The second-order valence-electron chi connectivity index (χ2n) is 10.0. The van der Waals surface area contributed by atoms with Crippen LogP contribution in [-0.2, 0) is 0 Å². The molecule has 4 aromatic rings. The molecule has 1 aromatic heterocycles. The molecule has 0 spiro atoms. The van der Waals surface area contributed by atoms with Gasteiger partial charge < -0.3 is 14.5 Å². The van der Waals surface area contributed by atoms with Gasteiger partial charge in [0.2, 0.25) is 0 Å². The Kier molecular flexibility index (Phi) is 4.40. The van der Waals surface area contributed by atoms with Crippen molar-refractivity contribution < 1.29 is 14.3 Å². The average molecular weight is 468 g/mol. The molecule has 1 aliphatic carbocycles. The van der Waals surface area contributed by atoms with Gasteiger partial charge in [-0.25, -0.2) is 0 Å². The first-order valence-electron chi connectivity index (χ1n) is 12.1. The lowest BCUT2D eigenvalue weighted by molar-refractivity contribution is 0.0629. The second-order valence-corrected chi connectivity index (χ2v) is 10.0. The van der Waals surface area contributed by atoms with Crippen LogP contribution in [0.3, 0.4) is 0 Å². The molecule has 1 N–H and O–H groups in total. The molecular formula is C27H25N5O3. The number of nitrogens with zero attached hydrogens (tertiary/aromatic N) is 4. The Hall–Kier alpha value is -3.94. The third-order valence-corrected chi connectivity index (χ3v) is 8.36. The highest BCUT2D eigenvalue weighted by Crippen LogP contribution is 2.54. The lowest BCUT2D eigenvalue weighted by Gasteiger charge is -2.42. The number of carbonyl (C=O) groups excluding carboxylic acids is 2. The molecule has 3 fully saturated rings. The van der Waals surface area contributed by atoms with Gasteiger partial charge in [-0.3, -0.25) is 9.59 Å². The molecular weight excluding hydrogens is 442 g/mol. The lowest BCUT2D eigenvalue weighted by atomic mass is 9.60. The number of aromatic nitrogens is 3. The van der Waals surface area contributed by atoms with E-state index in [9.17, 15) is 9.59 Å². The number of hydrogen-bond donors (Lipinski definition) is 1. The summed E-state index contributed by atoms with van der Waals surface area (Å²) in [6.45, 7) is 2.99. The predicted molar refractivity (Wildman–Crippen MR) is 130 cm³/mol. The van der Waals surface area contributed by atoms with E-state index >= 15 is 0 Å². The maximum atomic E-state index is 13.5. The highest BCUT2D eigenvalue weighted by atomic mass is 16.5. The van der Waals surface area contributed by atoms with Gasteiger partial charge in [0.05, 0.1) is 12.7 Å². The fourth-order valence-corrected chi connectivity index (χ4v) is 6.59. The molecule has 3 aromatic carbocycles. The summed E-state index contributed by atoms with van der Waals surface area (Å²) >= 11 is 0. The zero-order valence-corrected chi connectivity index (χ0v) is 19.3. The van der Waals surface area contributed by atoms with E-state index in [4.69, 9.17) is 4.74 Å². The molecule has 4 atom stereocenters. The van der Waals surface area contributed by atoms with Gasteiger partial charge >= 0.3 is 0 Å². The molecule has 1 saturated carbocycles. The molecule has 0 bridgehead atoms. The normalized spacial score (nSPS) is 24.9. The molecule has 2 saturated heterocycles. The van der Waals surface area contributed by atoms with Gasteiger partial charge in [-0.15, -0.1) is 0 Å². The van der Waals surface area contributed by atoms with Gasteiger partial charge in [-0.1, -0.05) is 24.3 Å². The molecule has 3 heterocycles. The van der Waals surface area contributed by atoms with Crippen LogP contribution in [0.5, 0.6) is 5.75 Å². The molecule has 35 heavy (non-hydrogen) atoms. The summed E-state index contributed by atoms with van der Waals surface area (Å²) in [6.07, 6.45) is 0. The van der Waals surface area contributed by atoms with Crippen molar-refractivity contribution in [3.05, 3.63) is 65.7 Å². The molecule has 2 aliphatic heterocycles. The number of hydrogen-bond acceptors (Lipinski definition) is 5. The number of fused-ring (bicyclic) bond motifs is 6. The van der Waals surface area contributed by atoms with E-state index in [-0.39, 0.29) is 11.8 Å². The number of aromatic amines is 1. The Morgan fingerprint density at radius 1 is 0.800 bits per heavy atom. The van der Waals surface area contributed by atoms with Gasteiger partial charge in [0.25, 0.3) is 11.8 Å². The fraction of sp³-hybridized carbons (Fsp3) is 0.333. The molecule has 7 rings (SSSR count). The maximum absolute atomic E-state index is 13.5. The van der Waals surface area contributed by atoms with Crippen molar-refractivity contribution in [3.8, 4) is 5.75 Å². The van der Waals surface area contributed by atoms with Crippen LogP contribution in [0.1, 0.15) is 20.7 Å². The first-order valence-corrected chi connectivity index (χ1v) is 12.1. The maximum Gasteiger partial charge on any atom is 0.257 e. The van der Waals surface area contributed by atoms with Crippen molar-refractivity contribution in [2.75, 3.05) is 33.3 Å². The van der Waals surface area contributed by atoms with Crippen LogP contribution < -0.4 is 4.74 Å². The van der Waals surface area contributed by atoms with E-state index in [1.807, 2.05) is 58.3 Å². The van der Waals surface area contributed by atoms with Crippen LogP contribution in [0.4, 0.5) is 0 Å². The van der Waals surface area contributed by atoms with Crippen LogP contribution in [0.2, 0.25) is 0 Å². The quantitative estimate of drug-likeness (QED) is 0.500. The monoisotopic (exact) mass is 467 g/mol. The van der Waals surface area contributed by atoms with Crippen molar-refractivity contribution in [3.63, 3.8) is 0 Å². The Morgan fingerprint density at radius 3 is 2.06 bits per heavy atom. The number of rotatable bonds is 3. The predicted octanol–water partition coefficient (Wildman–Crippen LogP) is 3.21. The Balaban J connectivity index is 1.07. The van der Waals surface area contributed by atoms with Crippen molar-refractivity contribution in [2.24, 2.45) is 23.7 Å². The average Bonchev–Trinajstić information content (AvgIpc) is 3.61. The zero-order valence-electron chi connectivity index (χ0n) is 19.3. The van der Waals surface area contributed by atoms with Crippen molar-refractivity contribution in [1.29, 1.82) is 0 Å². The number of nitrogens with one attached hydrogen (secondary N) is 1. The summed E-state index contributed by atoms with van der Waals surface area (Å²) in [5.41, 5.74) is 2.73. The van der Waals surface area contributed by atoms with E-state index in [0.29, 0.717) is 46.1 Å². The SMILES string of the molecule is COc1cc2ccccc2cc1C(=O)N1CC2C(C1)[C@@H]1CN(C(=O)c3ccc4n[nH]nc4c3)C[C@H]21. The molecule has 2 unspecified atom stereocenters. The number of amides is 2. The molecule has 0 radical (unpaired) electrons. The Bertz CT molecular complexity index is 1480. The standard InChI is InChI=1S/C27H25N5O3/c1-35-25-10-16-5-3-2-4-15(16)8-18(25)27(34)32-13-21-19-11-31(12-20(19)22(21)14-32)26(33)17-6-7-23-24(9-17)29-30-28-23/h2-10,19-22H,11-14H2,1H3,(H,28,29,30)/t19-,20+,21?,22?. The third kappa shape index (κ3) is 3.05. The Morgan fingerprint density at radius 2 is 1.40 bits per heavy atom. The first-order chi connectivity index (χ1) is 17.1. The Labute approximate surface area is 201 Å². The summed E-state index contributed by atoms with van der Waals surface area (Å²) in [4.78, 5) is 30.7. The van der Waals surface area contributed by atoms with E-state index in [2.05, 4.69) is 15.4 Å². The van der Waals surface area contributed by atoms with Crippen LogP contribution in [0.25, 0.3) is 21.8 Å². The fourth-order valence-electron chi connectivity index (χ4n) is 6.59. The summed E-state index contributed by atoms with van der Waals surface area (Å²) in [7, 11) is 1.62. The number of H-pyrrole nitrogens is 1. The largest absolute Gasteiger partial charge is 0.496 e. The van der Waals surface area contributed by atoms with Crippen LogP contribution in [0.15, 0.2) is 54.6 Å². The topological polar surface area (TPSA) is 91.4 Å². The van der Waals surface area contributed by atoms with Crippen LogP contribution in [-0.4, -0.2) is 70.3 Å². The molecule has 2 amide bonds. The third-order valence-electron chi connectivity index (χ3n) is 8.36.